The number of ether oxygens (including phenoxy) is 1. The van der Waals surface area contributed by atoms with Crippen molar-refractivity contribution in [2.45, 2.75) is 82.8 Å². The number of carbonyl (C=O) groups excluding carboxylic acids is 5. The fourth-order valence-corrected chi connectivity index (χ4v) is 4.81. The normalized spacial score (nSPS) is 16.8. The summed E-state index contributed by atoms with van der Waals surface area (Å²) in [5.74, 6) is -2.74. The SMILES string of the molecule is CC(C)(C)NC(=O)[C@@H]1CCCN1C(=O)[C@H](O)[C@H](Cc1ccccc1)NC(=O)[C@H](CC(N)=O)NC(=O)OCc1ccccc1. The summed E-state index contributed by atoms with van der Waals surface area (Å²) in [4.78, 5) is 65.5. The van der Waals surface area contributed by atoms with Gasteiger partial charge in [0.25, 0.3) is 5.91 Å². The molecule has 0 bridgehead atoms. The van der Waals surface area contributed by atoms with Gasteiger partial charge in [-0.15, -0.1) is 0 Å². The lowest BCUT2D eigenvalue weighted by Gasteiger charge is -2.32. The number of nitrogens with one attached hydrogen (secondary N) is 3. The summed E-state index contributed by atoms with van der Waals surface area (Å²) in [6, 6.07) is 14.4. The zero-order valence-electron chi connectivity index (χ0n) is 24.7. The standard InChI is InChI=1S/C31H41N5O7/c1-31(2,3)35-28(40)24-15-10-16-36(24)29(41)26(38)22(17-20-11-6-4-7-12-20)33-27(39)23(18-25(32)37)34-30(42)43-19-21-13-8-5-9-14-21/h4-9,11-14,22-24,26,38H,10,15-19H2,1-3H3,(H2,32,37)(H,33,39)(H,34,42)(H,35,40)/t22-,23-,24-,26+/m0/s1. The van der Waals surface area contributed by atoms with E-state index in [2.05, 4.69) is 16.0 Å². The van der Waals surface area contributed by atoms with Crippen LogP contribution in [-0.2, 0) is 36.9 Å². The van der Waals surface area contributed by atoms with Crippen molar-refractivity contribution >= 4 is 29.7 Å². The molecule has 2 aromatic carbocycles. The smallest absolute Gasteiger partial charge is 0.408 e. The van der Waals surface area contributed by atoms with E-state index in [0.717, 1.165) is 5.56 Å². The zero-order chi connectivity index (χ0) is 31.6. The van der Waals surface area contributed by atoms with Gasteiger partial charge >= 0.3 is 6.09 Å². The van der Waals surface area contributed by atoms with Crippen molar-refractivity contribution in [3.8, 4) is 0 Å². The Bertz CT molecular complexity index is 1270. The van der Waals surface area contributed by atoms with Gasteiger partial charge < -0.3 is 36.4 Å². The van der Waals surface area contributed by atoms with Crippen LogP contribution in [0.15, 0.2) is 60.7 Å². The number of hydrogen-bond donors (Lipinski definition) is 5. The lowest BCUT2D eigenvalue weighted by molar-refractivity contribution is -0.147. The number of rotatable bonds is 12. The second-order valence-electron chi connectivity index (χ2n) is 11.6. The Hall–Kier alpha value is -4.45. The third-order valence-electron chi connectivity index (χ3n) is 6.82. The quantitative estimate of drug-likeness (QED) is 0.244. The lowest BCUT2D eigenvalue weighted by Crippen LogP contribution is -2.59. The van der Waals surface area contributed by atoms with E-state index in [-0.39, 0.29) is 25.5 Å². The number of aliphatic hydroxyl groups is 1. The fourth-order valence-electron chi connectivity index (χ4n) is 4.81. The molecule has 0 aromatic heterocycles. The molecule has 0 aliphatic carbocycles. The van der Waals surface area contributed by atoms with Gasteiger partial charge in [0, 0.05) is 12.1 Å². The van der Waals surface area contributed by atoms with Crippen LogP contribution < -0.4 is 21.7 Å². The maximum absolute atomic E-state index is 13.6. The predicted octanol–water partition coefficient (Wildman–Crippen LogP) is 1.15. The molecule has 4 atom stereocenters. The summed E-state index contributed by atoms with van der Waals surface area (Å²) < 4.78 is 5.18. The number of aliphatic hydroxyl groups excluding tert-OH is 1. The molecule has 0 unspecified atom stereocenters. The van der Waals surface area contributed by atoms with Gasteiger partial charge in [0.05, 0.1) is 12.5 Å². The number of nitrogens with two attached hydrogens (primary N) is 1. The maximum atomic E-state index is 13.6. The van der Waals surface area contributed by atoms with Crippen molar-refractivity contribution in [3.63, 3.8) is 0 Å². The predicted molar refractivity (Wildman–Crippen MR) is 158 cm³/mol. The highest BCUT2D eigenvalue weighted by atomic mass is 16.5. The van der Waals surface area contributed by atoms with Crippen LogP contribution in [-0.4, -0.2) is 76.0 Å². The first-order valence-electron chi connectivity index (χ1n) is 14.2. The number of hydrogen-bond acceptors (Lipinski definition) is 7. The third kappa shape index (κ3) is 10.4. The average Bonchev–Trinajstić information content (AvgIpc) is 3.45. The molecule has 1 aliphatic rings. The first-order chi connectivity index (χ1) is 20.3. The Morgan fingerprint density at radius 1 is 0.977 bits per heavy atom. The van der Waals surface area contributed by atoms with E-state index in [1.807, 2.05) is 26.8 Å². The molecule has 1 aliphatic heterocycles. The van der Waals surface area contributed by atoms with Crippen molar-refractivity contribution in [2.24, 2.45) is 5.73 Å². The molecule has 0 spiro atoms. The first-order valence-corrected chi connectivity index (χ1v) is 14.2. The van der Waals surface area contributed by atoms with Crippen molar-refractivity contribution in [3.05, 3.63) is 71.8 Å². The van der Waals surface area contributed by atoms with E-state index >= 15 is 0 Å². The summed E-state index contributed by atoms with van der Waals surface area (Å²) in [6.07, 6.45) is -2.17. The summed E-state index contributed by atoms with van der Waals surface area (Å²) >= 11 is 0. The first kappa shape index (κ1) is 33.1. The molecule has 43 heavy (non-hydrogen) atoms. The summed E-state index contributed by atoms with van der Waals surface area (Å²) in [5.41, 5.74) is 6.26. The van der Waals surface area contributed by atoms with E-state index in [1.165, 1.54) is 4.90 Å². The number of primary amides is 1. The van der Waals surface area contributed by atoms with Gasteiger partial charge in [-0.25, -0.2) is 4.79 Å². The highest BCUT2D eigenvalue weighted by Gasteiger charge is 2.40. The van der Waals surface area contributed by atoms with Gasteiger partial charge in [0.15, 0.2) is 6.10 Å². The number of alkyl carbamates (subject to hydrolysis) is 1. The molecular weight excluding hydrogens is 554 g/mol. The molecule has 0 saturated carbocycles. The number of carbonyl (C=O) groups is 5. The lowest BCUT2D eigenvalue weighted by atomic mass is 9.99. The molecule has 12 nitrogen and oxygen atoms in total. The molecule has 1 saturated heterocycles. The molecule has 6 N–H and O–H groups in total. The molecule has 3 rings (SSSR count). The molecule has 12 heteroatoms. The van der Waals surface area contributed by atoms with Gasteiger partial charge in [-0.05, 0) is 51.2 Å². The fraction of sp³-hybridized carbons (Fsp3) is 0.452. The van der Waals surface area contributed by atoms with Crippen LogP contribution in [0.25, 0.3) is 0 Å². The topological polar surface area (TPSA) is 180 Å². The van der Waals surface area contributed by atoms with Crippen LogP contribution >= 0.6 is 0 Å². The monoisotopic (exact) mass is 595 g/mol. The highest BCUT2D eigenvalue weighted by molar-refractivity contribution is 5.93. The van der Waals surface area contributed by atoms with E-state index in [1.54, 1.807) is 54.6 Å². The van der Waals surface area contributed by atoms with Crippen LogP contribution in [0.2, 0.25) is 0 Å². The molecule has 232 valence electrons. The third-order valence-corrected chi connectivity index (χ3v) is 6.82. The summed E-state index contributed by atoms with van der Waals surface area (Å²) in [6.45, 7) is 5.70. The second-order valence-corrected chi connectivity index (χ2v) is 11.6. The Morgan fingerprint density at radius 2 is 1.58 bits per heavy atom. The largest absolute Gasteiger partial charge is 0.445 e. The zero-order valence-corrected chi connectivity index (χ0v) is 24.7. The Balaban J connectivity index is 1.76. The number of amides is 5. The molecule has 1 fully saturated rings. The van der Waals surface area contributed by atoms with Gasteiger partial charge in [0.1, 0.15) is 18.7 Å². The van der Waals surface area contributed by atoms with Crippen LogP contribution in [0.5, 0.6) is 0 Å². The van der Waals surface area contributed by atoms with Gasteiger partial charge in [-0.3, -0.25) is 19.2 Å². The van der Waals surface area contributed by atoms with Crippen molar-refractivity contribution in [1.82, 2.24) is 20.9 Å². The van der Waals surface area contributed by atoms with Crippen LogP contribution in [0.1, 0.15) is 51.2 Å². The minimum Gasteiger partial charge on any atom is -0.445 e. The van der Waals surface area contributed by atoms with E-state index in [4.69, 9.17) is 10.5 Å². The summed E-state index contributed by atoms with van der Waals surface area (Å²) in [5, 5.41) is 19.1. The second kappa shape index (κ2) is 15.1. The van der Waals surface area contributed by atoms with E-state index in [9.17, 15) is 29.1 Å². The molecule has 5 amide bonds. The minimum absolute atomic E-state index is 0.0495. The highest BCUT2D eigenvalue weighted by Crippen LogP contribution is 2.21. The van der Waals surface area contributed by atoms with Crippen LogP contribution in [0.3, 0.4) is 0 Å². The van der Waals surface area contributed by atoms with Crippen molar-refractivity contribution in [1.29, 1.82) is 0 Å². The van der Waals surface area contributed by atoms with Gasteiger partial charge in [-0.2, -0.15) is 0 Å². The summed E-state index contributed by atoms with van der Waals surface area (Å²) in [7, 11) is 0. The minimum atomic E-state index is -1.73. The number of benzene rings is 2. The van der Waals surface area contributed by atoms with Crippen molar-refractivity contribution < 1.29 is 33.8 Å². The Morgan fingerprint density at radius 3 is 2.16 bits per heavy atom. The van der Waals surface area contributed by atoms with Crippen LogP contribution in [0, 0.1) is 0 Å². The molecule has 2 aromatic rings. The number of likely N-dealkylation sites (tertiary alicyclic amines) is 1. The Labute approximate surface area is 251 Å². The van der Waals surface area contributed by atoms with Crippen molar-refractivity contribution in [2.75, 3.05) is 6.54 Å². The van der Waals surface area contributed by atoms with E-state index in [0.29, 0.717) is 18.4 Å². The van der Waals surface area contributed by atoms with E-state index < -0.39 is 60.0 Å². The maximum Gasteiger partial charge on any atom is 0.408 e. The Kier molecular flexibility index (Phi) is 11.6. The molecule has 1 heterocycles. The van der Waals surface area contributed by atoms with Gasteiger partial charge in [-0.1, -0.05) is 60.7 Å². The molecule has 0 radical (unpaired) electrons. The number of nitrogens with zero attached hydrogens (tertiary/aromatic N) is 1. The van der Waals surface area contributed by atoms with Gasteiger partial charge in [0.2, 0.25) is 17.7 Å². The van der Waals surface area contributed by atoms with Crippen LogP contribution in [0.4, 0.5) is 4.79 Å². The average molecular weight is 596 g/mol. The molecular formula is C31H41N5O7.